The van der Waals surface area contributed by atoms with Crippen LogP contribution in [0.3, 0.4) is 0 Å². The molecule has 1 aromatic rings. The Balaban J connectivity index is 2.79. The van der Waals surface area contributed by atoms with E-state index in [1.807, 2.05) is 30.3 Å². The minimum absolute atomic E-state index is 0.0650. The molecule has 0 aliphatic heterocycles. The summed E-state index contributed by atoms with van der Waals surface area (Å²) in [6, 6.07) is 9.37. The SMILES string of the molecule is COCCC(N)C(=O)NC(c1ccccc1)C(C)(C)C. The summed E-state index contributed by atoms with van der Waals surface area (Å²) in [7, 11) is 1.60. The molecule has 0 aliphatic rings. The van der Waals surface area contributed by atoms with Crippen molar-refractivity contribution in [1.82, 2.24) is 5.32 Å². The highest BCUT2D eigenvalue weighted by Crippen LogP contribution is 2.32. The molecule has 2 unspecified atom stereocenters. The number of amides is 1. The van der Waals surface area contributed by atoms with Gasteiger partial charge in [0.1, 0.15) is 0 Å². The maximum atomic E-state index is 12.2. The second-order valence-corrected chi connectivity index (χ2v) is 6.11. The van der Waals surface area contributed by atoms with E-state index in [1.165, 1.54) is 0 Å². The number of ether oxygens (including phenoxy) is 1. The number of hydrogen-bond acceptors (Lipinski definition) is 3. The lowest BCUT2D eigenvalue weighted by Gasteiger charge is -2.32. The summed E-state index contributed by atoms with van der Waals surface area (Å²) in [5.74, 6) is -0.133. The Morgan fingerprint density at radius 2 is 1.90 bits per heavy atom. The molecule has 4 heteroatoms. The van der Waals surface area contributed by atoms with Crippen molar-refractivity contribution in [2.45, 2.75) is 39.3 Å². The van der Waals surface area contributed by atoms with Gasteiger partial charge in [-0.05, 0) is 17.4 Å². The third kappa shape index (κ3) is 4.94. The monoisotopic (exact) mass is 278 g/mol. The second-order valence-electron chi connectivity index (χ2n) is 6.11. The Morgan fingerprint density at radius 3 is 2.40 bits per heavy atom. The van der Waals surface area contributed by atoms with Crippen LogP contribution < -0.4 is 11.1 Å². The topological polar surface area (TPSA) is 64.3 Å². The van der Waals surface area contributed by atoms with Crippen molar-refractivity contribution in [2.75, 3.05) is 13.7 Å². The molecule has 0 radical (unpaired) electrons. The van der Waals surface area contributed by atoms with Crippen molar-refractivity contribution >= 4 is 5.91 Å². The van der Waals surface area contributed by atoms with Gasteiger partial charge < -0.3 is 15.8 Å². The number of hydrogen-bond donors (Lipinski definition) is 2. The Kier molecular flexibility index (Phi) is 6.17. The summed E-state index contributed by atoms with van der Waals surface area (Å²) < 4.78 is 4.96. The maximum Gasteiger partial charge on any atom is 0.237 e. The van der Waals surface area contributed by atoms with Crippen LogP contribution in [0, 0.1) is 5.41 Å². The van der Waals surface area contributed by atoms with Crippen LogP contribution in [-0.2, 0) is 9.53 Å². The van der Waals surface area contributed by atoms with E-state index in [9.17, 15) is 4.79 Å². The van der Waals surface area contributed by atoms with Crippen LogP contribution >= 0.6 is 0 Å². The molecule has 0 fully saturated rings. The first-order valence-corrected chi connectivity index (χ1v) is 6.96. The summed E-state index contributed by atoms with van der Waals surface area (Å²) in [4.78, 5) is 12.2. The number of nitrogens with two attached hydrogens (primary N) is 1. The molecule has 1 aromatic carbocycles. The third-order valence-electron chi connectivity index (χ3n) is 3.26. The molecule has 0 aliphatic carbocycles. The number of rotatable bonds is 6. The third-order valence-corrected chi connectivity index (χ3v) is 3.26. The summed E-state index contributed by atoms with van der Waals surface area (Å²) in [5.41, 5.74) is 6.89. The van der Waals surface area contributed by atoms with Crippen LogP contribution in [0.25, 0.3) is 0 Å². The average molecular weight is 278 g/mol. The predicted octanol–water partition coefficient (Wildman–Crippen LogP) is 2.25. The zero-order valence-corrected chi connectivity index (χ0v) is 12.8. The van der Waals surface area contributed by atoms with Gasteiger partial charge in [-0.1, -0.05) is 51.1 Å². The molecular weight excluding hydrogens is 252 g/mol. The number of carbonyl (C=O) groups excluding carboxylic acids is 1. The van der Waals surface area contributed by atoms with E-state index in [2.05, 4.69) is 26.1 Å². The molecule has 1 amide bonds. The van der Waals surface area contributed by atoms with Crippen molar-refractivity contribution < 1.29 is 9.53 Å². The second kappa shape index (κ2) is 7.41. The van der Waals surface area contributed by atoms with E-state index in [4.69, 9.17) is 10.5 Å². The summed E-state index contributed by atoms with van der Waals surface area (Å²) in [6.45, 7) is 6.79. The van der Waals surface area contributed by atoms with Gasteiger partial charge in [0.2, 0.25) is 5.91 Å². The van der Waals surface area contributed by atoms with Crippen molar-refractivity contribution in [3.05, 3.63) is 35.9 Å². The molecule has 0 aromatic heterocycles. The quantitative estimate of drug-likeness (QED) is 0.839. The van der Waals surface area contributed by atoms with Crippen molar-refractivity contribution in [3.63, 3.8) is 0 Å². The minimum Gasteiger partial charge on any atom is -0.385 e. The molecular formula is C16H26N2O2. The van der Waals surface area contributed by atoms with E-state index in [1.54, 1.807) is 7.11 Å². The van der Waals surface area contributed by atoms with Crippen LogP contribution in [0.1, 0.15) is 38.8 Å². The van der Waals surface area contributed by atoms with Gasteiger partial charge in [-0.25, -0.2) is 0 Å². The van der Waals surface area contributed by atoms with Crippen LogP contribution in [0.5, 0.6) is 0 Å². The minimum atomic E-state index is -0.538. The molecule has 0 spiro atoms. The largest absolute Gasteiger partial charge is 0.385 e. The summed E-state index contributed by atoms with van der Waals surface area (Å²) in [6.07, 6.45) is 0.522. The Morgan fingerprint density at radius 1 is 1.30 bits per heavy atom. The molecule has 3 N–H and O–H groups in total. The van der Waals surface area contributed by atoms with Gasteiger partial charge in [-0.15, -0.1) is 0 Å². The number of carbonyl (C=O) groups is 1. The first kappa shape index (κ1) is 16.7. The molecule has 0 saturated heterocycles. The molecule has 0 saturated carbocycles. The Labute approximate surface area is 121 Å². The maximum absolute atomic E-state index is 12.2. The Bertz CT molecular complexity index is 412. The van der Waals surface area contributed by atoms with Crippen LogP contribution in [-0.4, -0.2) is 25.7 Å². The zero-order valence-electron chi connectivity index (χ0n) is 12.8. The number of methoxy groups -OCH3 is 1. The molecule has 2 atom stereocenters. The van der Waals surface area contributed by atoms with Crippen molar-refractivity contribution in [3.8, 4) is 0 Å². The molecule has 4 nitrogen and oxygen atoms in total. The lowest BCUT2D eigenvalue weighted by molar-refractivity contribution is -0.124. The van der Waals surface area contributed by atoms with E-state index in [-0.39, 0.29) is 17.4 Å². The molecule has 0 bridgehead atoms. The zero-order chi connectivity index (χ0) is 15.2. The highest BCUT2D eigenvalue weighted by atomic mass is 16.5. The van der Waals surface area contributed by atoms with Gasteiger partial charge in [0.25, 0.3) is 0 Å². The van der Waals surface area contributed by atoms with Gasteiger partial charge in [-0.2, -0.15) is 0 Å². The van der Waals surface area contributed by atoms with Gasteiger partial charge in [0.05, 0.1) is 12.1 Å². The predicted molar refractivity (Wildman–Crippen MR) is 81.2 cm³/mol. The van der Waals surface area contributed by atoms with Crippen LogP contribution in [0.4, 0.5) is 0 Å². The molecule has 112 valence electrons. The fourth-order valence-corrected chi connectivity index (χ4v) is 2.07. The average Bonchev–Trinajstić information content (AvgIpc) is 2.41. The molecule has 0 heterocycles. The van der Waals surface area contributed by atoms with E-state index >= 15 is 0 Å². The van der Waals surface area contributed by atoms with Crippen LogP contribution in [0.2, 0.25) is 0 Å². The molecule has 20 heavy (non-hydrogen) atoms. The summed E-state index contributed by atoms with van der Waals surface area (Å²) >= 11 is 0. The van der Waals surface area contributed by atoms with E-state index < -0.39 is 6.04 Å². The van der Waals surface area contributed by atoms with Gasteiger partial charge in [-0.3, -0.25) is 4.79 Å². The fraction of sp³-hybridized carbons (Fsp3) is 0.562. The standard InChI is InChI=1S/C16H26N2O2/c1-16(2,3)14(12-8-6-5-7-9-12)18-15(19)13(17)10-11-20-4/h5-9,13-14H,10-11,17H2,1-4H3,(H,18,19). The van der Waals surface area contributed by atoms with Crippen molar-refractivity contribution in [2.24, 2.45) is 11.1 Å². The lowest BCUT2D eigenvalue weighted by atomic mass is 9.82. The Hall–Kier alpha value is -1.39. The number of benzene rings is 1. The summed E-state index contributed by atoms with van der Waals surface area (Å²) in [5, 5.41) is 3.06. The van der Waals surface area contributed by atoms with E-state index in [0.717, 1.165) is 5.56 Å². The van der Waals surface area contributed by atoms with Crippen LogP contribution in [0.15, 0.2) is 30.3 Å². The first-order chi connectivity index (χ1) is 9.36. The smallest absolute Gasteiger partial charge is 0.237 e. The van der Waals surface area contributed by atoms with Gasteiger partial charge >= 0.3 is 0 Å². The normalized spacial score (nSPS) is 14.7. The first-order valence-electron chi connectivity index (χ1n) is 6.96. The fourth-order valence-electron chi connectivity index (χ4n) is 2.07. The van der Waals surface area contributed by atoms with Crippen molar-refractivity contribution in [1.29, 1.82) is 0 Å². The van der Waals surface area contributed by atoms with Gasteiger partial charge in [0.15, 0.2) is 0 Å². The highest BCUT2D eigenvalue weighted by molar-refractivity contribution is 5.82. The highest BCUT2D eigenvalue weighted by Gasteiger charge is 2.29. The van der Waals surface area contributed by atoms with Gasteiger partial charge in [0, 0.05) is 13.7 Å². The number of nitrogens with one attached hydrogen (secondary N) is 1. The molecule has 1 rings (SSSR count). The lowest BCUT2D eigenvalue weighted by Crippen LogP contribution is -2.45. The van der Waals surface area contributed by atoms with E-state index in [0.29, 0.717) is 13.0 Å².